The minimum atomic E-state index is -0.518. The van der Waals surface area contributed by atoms with Gasteiger partial charge in [-0.2, -0.15) is 0 Å². The Morgan fingerprint density at radius 3 is 2.12 bits per heavy atom. The molecule has 0 spiro atoms. The van der Waals surface area contributed by atoms with E-state index in [0.29, 0.717) is 39.1 Å². The Morgan fingerprint density at radius 1 is 0.853 bits per heavy atom. The highest BCUT2D eigenvalue weighted by Crippen LogP contribution is 2.32. The number of allylic oxidation sites excluding steroid dienone is 4. The van der Waals surface area contributed by atoms with Gasteiger partial charge in [0, 0.05) is 39.5 Å². The van der Waals surface area contributed by atoms with Crippen LogP contribution in [0.1, 0.15) is 67.0 Å². The van der Waals surface area contributed by atoms with Gasteiger partial charge in [-0.25, -0.2) is 4.68 Å². The zero-order valence-corrected chi connectivity index (χ0v) is 18.5. The van der Waals surface area contributed by atoms with Gasteiger partial charge >= 0.3 is 0 Å². The summed E-state index contributed by atoms with van der Waals surface area (Å²) in [6, 6.07) is 12.9. The predicted molar refractivity (Wildman–Crippen MR) is 123 cm³/mol. The summed E-state index contributed by atoms with van der Waals surface area (Å²) in [6.07, 6.45) is 2.94. The Kier molecular flexibility index (Phi) is 5.13. The smallest absolute Gasteiger partial charge is 0.209 e. The van der Waals surface area contributed by atoms with Crippen LogP contribution < -0.4 is 5.32 Å². The molecule has 1 unspecified atom stereocenters. The number of benzene rings is 2. The zero-order valence-electron chi connectivity index (χ0n) is 18.5. The van der Waals surface area contributed by atoms with Crippen LogP contribution in [-0.4, -0.2) is 38.1 Å². The summed E-state index contributed by atoms with van der Waals surface area (Å²) in [5.74, 6) is -0.878. The number of aromatic nitrogens is 3. The molecule has 0 fully saturated rings. The number of hydrogen-bond acceptors (Lipinski definition) is 7. The number of ketones is 4. The van der Waals surface area contributed by atoms with E-state index in [0.717, 1.165) is 0 Å². The van der Waals surface area contributed by atoms with Gasteiger partial charge in [0.15, 0.2) is 17.3 Å². The van der Waals surface area contributed by atoms with Crippen LogP contribution in [0, 0.1) is 0 Å². The maximum atomic E-state index is 13.1. The molecule has 168 valence electrons. The largest absolute Gasteiger partial charge is 0.376 e. The first-order valence-corrected chi connectivity index (χ1v) is 10.8. The Morgan fingerprint density at radius 2 is 1.44 bits per heavy atom. The molecule has 0 bridgehead atoms. The average molecular weight is 452 g/mol. The van der Waals surface area contributed by atoms with Crippen molar-refractivity contribution in [3.63, 3.8) is 0 Å². The fourth-order valence-corrected chi connectivity index (χ4v) is 4.37. The minimum Gasteiger partial charge on any atom is -0.376 e. The third kappa shape index (κ3) is 3.40. The van der Waals surface area contributed by atoms with E-state index in [1.54, 1.807) is 68.6 Å². The summed E-state index contributed by atoms with van der Waals surface area (Å²) in [4.78, 5) is 51.0. The molecule has 1 N–H and O–H groups in total. The SMILES string of the molecule is CC1=C(C(C)n2cc(CNC3=CC(=O)c4ccccc4C3=O)nn2)C(=O)c2ccccc2C1=O. The molecule has 5 rings (SSSR count). The van der Waals surface area contributed by atoms with Gasteiger partial charge in [0.2, 0.25) is 5.78 Å². The molecule has 8 nitrogen and oxygen atoms in total. The maximum Gasteiger partial charge on any atom is 0.209 e. The van der Waals surface area contributed by atoms with Crippen molar-refractivity contribution in [1.29, 1.82) is 0 Å². The molecule has 0 aliphatic heterocycles. The zero-order chi connectivity index (χ0) is 24.0. The fraction of sp³-hybridized carbons (Fsp3) is 0.154. The molecule has 1 heterocycles. The van der Waals surface area contributed by atoms with Crippen LogP contribution >= 0.6 is 0 Å². The maximum absolute atomic E-state index is 13.1. The van der Waals surface area contributed by atoms with Crippen molar-refractivity contribution in [3.8, 4) is 0 Å². The molecule has 3 aromatic rings. The van der Waals surface area contributed by atoms with Crippen LogP contribution in [0.3, 0.4) is 0 Å². The third-order valence-corrected chi connectivity index (χ3v) is 6.20. The van der Waals surface area contributed by atoms with E-state index in [4.69, 9.17) is 0 Å². The van der Waals surface area contributed by atoms with E-state index < -0.39 is 6.04 Å². The monoisotopic (exact) mass is 452 g/mol. The number of rotatable bonds is 5. The first-order chi connectivity index (χ1) is 16.4. The number of carbonyl (C=O) groups is 4. The van der Waals surface area contributed by atoms with Gasteiger partial charge in [-0.1, -0.05) is 53.7 Å². The van der Waals surface area contributed by atoms with E-state index in [2.05, 4.69) is 15.6 Å². The molecular formula is C26H20N4O4. The van der Waals surface area contributed by atoms with Crippen LogP contribution in [-0.2, 0) is 6.54 Å². The number of fused-ring (bicyclic) bond motifs is 2. The van der Waals surface area contributed by atoms with Gasteiger partial charge in [-0.15, -0.1) is 5.10 Å². The topological polar surface area (TPSA) is 111 Å². The lowest BCUT2D eigenvalue weighted by atomic mass is 9.82. The summed E-state index contributed by atoms with van der Waals surface area (Å²) in [6.45, 7) is 3.59. The second-order valence-electron chi connectivity index (χ2n) is 8.26. The quantitative estimate of drug-likeness (QED) is 0.632. The first kappa shape index (κ1) is 21.4. The predicted octanol–water partition coefficient (Wildman–Crippen LogP) is 3.29. The van der Waals surface area contributed by atoms with Crippen LogP contribution in [0.25, 0.3) is 0 Å². The standard InChI is InChI=1S/C26H20N4O4/c1-14-23(26(34)20-10-6-5-9-19(20)24(14)32)15(2)30-13-16(28-29-30)12-27-21-11-22(31)17-7-3-4-8-18(17)25(21)33/h3-11,13,15,27H,12H2,1-2H3. The van der Waals surface area contributed by atoms with Gasteiger partial charge < -0.3 is 5.32 Å². The minimum absolute atomic E-state index is 0.160. The molecule has 8 heteroatoms. The van der Waals surface area contributed by atoms with Crippen molar-refractivity contribution < 1.29 is 19.2 Å². The molecule has 0 saturated carbocycles. The number of carbonyl (C=O) groups excluding carboxylic acids is 4. The normalized spacial score (nSPS) is 16.2. The highest BCUT2D eigenvalue weighted by Gasteiger charge is 2.33. The highest BCUT2D eigenvalue weighted by atomic mass is 16.1. The number of nitrogens with zero attached hydrogens (tertiary/aromatic N) is 3. The third-order valence-electron chi connectivity index (χ3n) is 6.20. The van der Waals surface area contributed by atoms with Crippen LogP contribution in [0.15, 0.2) is 77.6 Å². The molecule has 2 aliphatic rings. The number of hydrogen-bond donors (Lipinski definition) is 1. The van der Waals surface area contributed by atoms with Gasteiger partial charge in [0.1, 0.15) is 5.69 Å². The van der Waals surface area contributed by atoms with Crippen molar-refractivity contribution in [1.82, 2.24) is 20.3 Å². The molecule has 0 radical (unpaired) electrons. The van der Waals surface area contributed by atoms with E-state index in [1.165, 1.54) is 10.8 Å². The van der Waals surface area contributed by atoms with E-state index in [9.17, 15) is 19.2 Å². The summed E-state index contributed by atoms with van der Waals surface area (Å²) in [5, 5.41) is 11.2. The van der Waals surface area contributed by atoms with Crippen molar-refractivity contribution in [2.24, 2.45) is 0 Å². The van der Waals surface area contributed by atoms with Gasteiger partial charge in [0.25, 0.3) is 0 Å². The van der Waals surface area contributed by atoms with Gasteiger partial charge in [-0.05, 0) is 13.8 Å². The van der Waals surface area contributed by atoms with Crippen molar-refractivity contribution >= 4 is 23.1 Å². The Labute approximate surface area is 195 Å². The lowest BCUT2D eigenvalue weighted by Gasteiger charge is -2.23. The summed E-state index contributed by atoms with van der Waals surface area (Å²) in [5.41, 5.74) is 3.00. The second kappa shape index (κ2) is 8.15. The van der Waals surface area contributed by atoms with Crippen LogP contribution in [0.4, 0.5) is 0 Å². The van der Waals surface area contributed by atoms with Crippen molar-refractivity contribution in [2.75, 3.05) is 0 Å². The first-order valence-electron chi connectivity index (χ1n) is 10.8. The summed E-state index contributed by atoms with van der Waals surface area (Å²) < 4.78 is 1.52. The van der Waals surface area contributed by atoms with Gasteiger partial charge in [-0.3, -0.25) is 19.2 Å². The number of Topliss-reactive ketones (excluding diaryl/α,β-unsaturated/α-hetero) is 3. The van der Waals surface area contributed by atoms with Gasteiger partial charge in [0.05, 0.1) is 24.5 Å². The number of nitrogens with one attached hydrogen (secondary N) is 1. The molecule has 0 saturated heterocycles. The fourth-order valence-electron chi connectivity index (χ4n) is 4.37. The van der Waals surface area contributed by atoms with Crippen molar-refractivity contribution in [2.45, 2.75) is 26.4 Å². The Hall–Kier alpha value is -4.46. The molecule has 34 heavy (non-hydrogen) atoms. The lowest BCUT2D eigenvalue weighted by molar-refractivity contribution is 0.0965. The second-order valence-corrected chi connectivity index (χ2v) is 8.26. The lowest BCUT2D eigenvalue weighted by Crippen LogP contribution is -2.26. The summed E-state index contributed by atoms with van der Waals surface area (Å²) in [7, 11) is 0. The van der Waals surface area contributed by atoms with E-state index in [-0.39, 0.29) is 35.4 Å². The van der Waals surface area contributed by atoms with Crippen molar-refractivity contribution in [3.05, 3.63) is 106 Å². The van der Waals surface area contributed by atoms with E-state index in [1.807, 2.05) is 0 Å². The Bertz CT molecular complexity index is 1460. The highest BCUT2D eigenvalue weighted by molar-refractivity contribution is 6.27. The van der Waals surface area contributed by atoms with E-state index >= 15 is 0 Å². The van der Waals surface area contributed by atoms with Crippen LogP contribution in [0.5, 0.6) is 0 Å². The molecule has 0 amide bonds. The average Bonchev–Trinajstić information content (AvgIpc) is 3.33. The molecule has 2 aliphatic carbocycles. The molecule has 1 aromatic heterocycles. The summed E-state index contributed by atoms with van der Waals surface area (Å²) >= 11 is 0. The Balaban J connectivity index is 1.34. The molecule has 2 aromatic carbocycles. The van der Waals surface area contributed by atoms with Crippen LogP contribution in [0.2, 0.25) is 0 Å². The molecular weight excluding hydrogens is 432 g/mol. The molecule has 1 atom stereocenters.